The van der Waals surface area contributed by atoms with Gasteiger partial charge in [-0.2, -0.15) is 0 Å². The van der Waals surface area contributed by atoms with Crippen LogP contribution in [-0.4, -0.2) is 5.78 Å². The zero-order valence-electron chi connectivity index (χ0n) is 7.88. The molecule has 0 aromatic carbocycles. The minimum Gasteiger partial charge on any atom is -0.295 e. The van der Waals surface area contributed by atoms with Crippen molar-refractivity contribution in [3.8, 4) is 0 Å². The normalized spacial score (nSPS) is 23.1. The van der Waals surface area contributed by atoms with Crippen LogP contribution < -0.4 is 0 Å². The Morgan fingerprint density at radius 1 is 1.50 bits per heavy atom. The lowest BCUT2D eigenvalue weighted by atomic mass is 9.89. The van der Waals surface area contributed by atoms with Gasteiger partial charge in [0.2, 0.25) is 0 Å². The van der Waals surface area contributed by atoms with Crippen LogP contribution in [0, 0.1) is 5.92 Å². The molecule has 0 amide bonds. The number of carbonyl (C=O) groups excluding carboxylic acids is 1. The second-order valence-corrected chi connectivity index (χ2v) is 3.67. The second-order valence-electron chi connectivity index (χ2n) is 3.67. The monoisotopic (exact) mass is 166 g/mol. The van der Waals surface area contributed by atoms with Gasteiger partial charge in [-0.25, -0.2) is 0 Å². The Balaban J connectivity index is 2.16. The SMILES string of the molecule is CCCCCC1CC=CC(=O)C1. The molecule has 1 nitrogen and oxygen atoms in total. The Labute approximate surface area is 74.9 Å². The van der Waals surface area contributed by atoms with Crippen molar-refractivity contribution in [3.05, 3.63) is 12.2 Å². The molecule has 12 heavy (non-hydrogen) atoms. The molecule has 0 N–H and O–H groups in total. The number of hydrogen-bond donors (Lipinski definition) is 0. The summed E-state index contributed by atoms with van der Waals surface area (Å²) in [4.78, 5) is 11.0. The van der Waals surface area contributed by atoms with Crippen LogP contribution in [0.4, 0.5) is 0 Å². The van der Waals surface area contributed by atoms with Crippen LogP contribution in [0.1, 0.15) is 45.4 Å². The molecule has 68 valence electrons. The third-order valence-electron chi connectivity index (χ3n) is 2.48. The Morgan fingerprint density at radius 3 is 3.00 bits per heavy atom. The van der Waals surface area contributed by atoms with Crippen molar-refractivity contribution in [2.75, 3.05) is 0 Å². The largest absolute Gasteiger partial charge is 0.295 e. The fourth-order valence-electron chi connectivity index (χ4n) is 1.73. The number of ketones is 1. The summed E-state index contributed by atoms with van der Waals surface area (Å²) < 4.78 is 0. The van der Waals surface area contributed by atoms with Crippen molar-refractivity contribution in [2.24, 2.45) is 5.92 Å². The Hall–Kier alpha value is -0.590. The van der Waals surface area contributed by atoms with Crippen LogP contribution in [-0.2, 0) is 4.79 Å². The van der Waals surface area contributed by atoms with E-state index < -0.39 is 0 Å². The summed E-state index contributed by atoms with van der Waals surface area (Å²) in [5.74, 6) is 0.969. The van der Waals surface area contributed by atoms with Crippen LogP contribution in [0.5, 0.6) is 0 Å². The van der Waals surface area contributed by atoms with Gasteiger partial charge in [0.05, 0.1) is 0 Å². The highest BCUT2D eigenvalue weighted by Crippen LogP contribution is 2.21. The van der Waals surface area contributed by atoms with Crippen molar-refractivity contribution in [3.63, 3.8) is 0 Å². The highest BCUT2D eigenvalue weighted by atomic mass is 16.1. The molecular formula is C11H18O. The molecular weight excluding hydrogens is 148 g/mol. The van der Waals surface area contributed by atoms with Gasteiger partial charge in [-0.3, -0.25) is 4.79 Å². The van der Waals surface area contributed by atoms with E-state index in [2.05, 4.69) is 6.92 Å². The molecule has 1 heteroatoms. The maximum Gasteiger partial charge on any atom is 0.155 e. The van der Waals surface area contributed by atoms with Gasteiger partial charge in [-0.1, -0.05) is 32.3 Å². The average Bonchev–Trinajstić information content (AvgIpc) is 2.05. The highest BCUT2D eigenvalue weighted by Gasteiger charge is 2.14. The smallest absolute Gasteiger partial charge is 0.155 e. The molecule has 0 heterocycles. The molecule has 0 saturated heterocycles. The fourth-order valence-corrected chi connectivity index (χ4v) is 1.73. The van der Waals surface area contributed by atoms with Gasteiger partial charge in [0.1, 0.15) is 0 Å². The van der Waals surface area contributed by atoms with Crippen LogP contribution in [0.2, 0.25) is 0 Å². The van der Waals surface area contributed by atoms with Crippen LogP contribution in [0.25, 0.3) is 0 Å². The van der Waals surface area contributed by atoms with E-state index in [0.29, 0.717) is 11.7 Å². The van der Waals surface area contributed by atoms with Gasteiger partial charge in [0, 0.05) is 6.42 Å². The van der Waals surface area contributed by atoms with Crippen molar-refractivity contribution in [1.82, 2.24) is 0 Å². The highest BCUT2D eigenvalue weighted by molar-refractivity contribution is 5.90. The lowest BCUT2D eigenvalue weighted by Crippen LogP contribution is -2.10. The molecule has 1 aliphatic rings. The third-order valence-corrected chi connectivity index (χ3v) is 2.48. The Bertz CT molecular complexity index is 170. The summed E-state index contributed by atoms with van der Waals surface area (Å²) in [5.41, 5.74) is 0. The van der Waals surface area contributed by atoms with Crippen molar-refractivity contribution in [1.29, 1.82) is 0 Å². The van der Waals surface area contributed by atoms with E-state index in [9.17, 15) is 4.79 Å². The summed E-state index contributed by atoms with van der Waals surface area (Å²) in [6.45, 7) is 2.21. The van der Waals surface area contributed by atoms with Crippen LogP contribution in [0.15, 0.2) is 12.2 Å². The molecule has 0 radical (unpaired) electrons. The molecule has 0 spiro atoms. The first-order valence-electron chi connectivity index (χ1n) is 5.02. The third kappa shape index (κ3) is 3.21. The molecule has 0 aromatic rings. The van der Waals surface area contributed by atoms with Gasteiger partial charge in [-0.05, 0) is 24.8 Å². The Morgan fingerprint density at radius 2 is 2.33 bits per heavy atom. The van der Waals surface area contributed by atoms with Gasteiger partial charge in [0.15, 0.2) is 5.78 Å². The standard InChI is InChI=1S/C11H18O/c1-2-3-4-6-10-7-5-8-11(12)9-10/h5,8,10H,2-4,6-7,9H2,1H3. The zero-order valence-corrected chi connectivity index (χ0v) is 7.88. The number of rotatable bonds is 4. The minimum absolute atomic E-state index is 0.322. The average molecular weight is 166 g/mol. The van der Waals surface area contributed by atoms with Gasteiger partial charge >= 0.3 is 0 Å². The summed E-state index contributed by atoms with van der Waals surface area (Å²) >= 11 is 0. The van der Waals surface area contributed by atoms with Crippen LogP contribution in [0.3, 0.4) is 0 Å². The van der Waals surface area contributed by atoms with E-state index in [1.165, 1.54) is 25.7 Å². The van der Waals surface area contributed by atoms with E-state index in [1.54, 1.807) is 6.08 Å². The first-order chi connectivity index (χ1) is 5.83. The molecule has 0 aromatic heterocycles. The predicted octanol–water partition coefficient (Wildman–Crippen LogP) is 3.10. The lowest BCUT2D eigenvalue weighted by molar-refractivity contribution is -0.115. The number of carbonyl (C=O) groups is 1. The summed E-state index contributed by atoms with van der Waals surface area (Å²) in [7, 11) is 0. The second kappa shape index (κ2) is 5.13. The number of unbranched alkanes of at least 4 members (excludes halogenated alkanes) is 2. The molecule has 0 fully saturated rings. The molecule has 0 aliphatic heterocycles. The van der Waals surface area contributed by atoms with E-state index in [0.717, 1.165) is 12.8 Å². The molecule has 0 bridgehead atoms. The maximum atomic E-state index is 11.0. The van der Waals surface area contributed by atoms with Gasteiger partial charge in [-0.15, -0.1) is 0 Å². The first-order valence-corrected chi connectivity index (χ1v) is 5.02. The van der Waals surface area contributed by atoms with E-state index in [1.807, 2.05) is 6.08 Å². The molecule has 1 unspecified atom stereocenters. The number of hydrogen-bond acceptors (Lipinski definition) is 1. The van der Waals surface area contributed by atoms with Crippen molar-refractivity contribution in [2.45, 2.75) is 45.4 Å². The quantitative estimate of drug-likeness (QED) is 0.586. The van der Waals surface area contributed by atoms with E-state index in [4.69, 9.17) is 0 Å². The maximum absolute atomic E-state index is 11.0. The first kappa shape index (κ1) is 9.50. The zero-order chi connectivity index (χ0) is 8.81. The van der Waals surface area contributed by atoms with Crippen molar-refractivity contribution < 1.29 is 4.79 Å². The molecule has 1 aliphatic carbocycles. The van der Waals surface area contributed by atoms with Gasteiger partial charge in [0.25, 0.3) is 0 Å². The fraction of sp³-hybridized carbons (Fsp3) is 0.727. The van der Waals surface area contributed by atoms with Gasteiger partial charge < -0.3 is 0 Å². The minimum atomic E-state index is 0.322. The number of allylic oxidation sites excluding steroid dienone is 2. The lowest BCUT2D eigenvalue weighted by Gasteiger charge is -2.15. The summed E-state index contributed by atoms with van der Waals surface area (Å²) in [6.07, 6.45) is 10.8. The van der Waals surface area contributed by atoms with Crippen molar-refractivity contribution >= 4 is 5.78 Å². The topological polar surface area (TPSA) is 17.1 Å². The van der Waals surface area contributed by atoms with E-state index in [-0.39, 0.29) is 0 Å². The van der Waals surface area contributed by atoms with Crippen LogP contribution >= 0.6 is 0 Å². The molecule has 0 saturated carbocycles. The molecule has 1 rings (SSSR count). The molecule has 1 atom stereocenters. The Kier molecular flexibility index (Phi) is 4.06. The summed E-state index contributed by atoms with van der Waals surface area (Å²) in [5, 5.41) is 0. The van der Waals surface area contributed by atoms with E-state index >= 15 is 0 Å². The predicted molar refractivity (Wildman–Crippen MR) is 51.0 cm³/mol. The summed E-state index contributed by atoms with van der Waals surface area (Å²) in [6, 6.07) is 0.